The summed E-state index contributed by atoms with van der Waals surface area (Å²) >= 11 is 0. The highest BCUT2D eigenvalue weighted by Gasteiger charge is 2.23. The third kappa shape index (κ3) is 5.53. The molecule has 0 unspecified atom stereocenters. The first-order chi connectivity index (χ1) is 11.6. The maximum Gasteiger partial charge on any atom is 0.409 e. The number of ether oxygens (including phenoxy) is 1. The van der Waals surface area contributed by atoms with Crippen LogP contribution in [0.4, 0.5) is 4.79 Å². The van der Waals surface area contributed by atoms with Crippen LogP contribution in [0.25, 0.3) is 0 Å². The lowest BCUT2D eigenvalue weighted by Crippen LogP contribution is -2.51. The van der Waals surface area contributed by atoms with Crippen molar-refractivity contribution in [1.29, 1.82) is 0 Å². The van der Waals surface area contributed by atoms with Gasteiger partial charge in [-0.1, -0.05) is 37.3 Å². The maximum atomic E-state index is 12.1. The Hall–Kier alpha value is -2.08. The molecular weight excluding hydrogens is 306 g/mol. The number of carbonyl (C=O) groups is 2. The van der Waals surface area contributed by atoms with Crippen LogP contribution < -0.4 is 5.32 Å². The molecular formula is C18H27N3O3. The van der Waals surface area contributed by atoms with Crippen molar-refractivity contribution in [1.82, 2.24) is 15.1 Å². The topological polar surface area (TPSA) is 61.9 Å². The van der Waals surface area contributed by atoms with Gasteiger partial charge in [-0.2, -0.15) is 0 Å². The number of amides is 2. The molecule has 24 heavy (non-hydrogen) atoms. The highest BCUT2D eigenvalue weighted by molar-refractivity contribution is 5.78. The van der Waals surface area contributed by atoms with Crippen LogP contribution in [0.15, 0.2) is 30.3 Å². The van der Waals surface area contributed by atoms with E-state index in [1.54, 1.807) is 11.8 Å². The van der Waals surface area contributed by atoms with E-state index in [4.69, 9.17) is 4.74 Å². The summed E-state index contributed by atoms with van der Waals surface area (Å²) in [7, 11) is 0. The lowest BCUT2D eigenvalue weighted by atomic mass is 10.0. The zero-order valence-corrected chi connectivity index (χ0v) is 14.5. The fourth-order valence-electron chi connectivity index (χ4n) is 2.73. The molecule has 0 saturated carbocycles. The minimum Gasteiger partial charge on any atom is -0.450 e. The Kier molecular flexibility index (Phi) is 7.06. The third-order valence-corrected chi connectivity index (χ3v) is 4.24. The number of benzene rings is 1. The number of piperazine rings is 1. The first kappa shape index (κ1) is 18.3. The Labute approximate surface area is 143 Å². The maximum absolute atomic E-state index is 12.1. The number of hydrogen-bond acceptors (Lipinski definition) is 4. The third-order valence-electron chi connectivity index (χ3n) is 4.24. The van der Waals surface area contributed by atoms with Gasteiger partial charge in [-0.25, -0.2) is 4.79 Å². The molecule has 0 aromatic heterocycles. The van der Waals surface area contributed by atoms with Gasteiger partial charge < -0.3 is 15.0 Å². The minimum atomic E-state index is -0.265. The van der Waals surface area contributed by atoms with E-state index in [0.717, 1.165) is 0 Å². The van der Waals surface area contributed by atoms with Gasteiger partial charge in [0.25, 0.3) is 0 Å². The number of rotatable bonds is 6. The van der Waals surface area contributed by atoms with E-state index in [2.05, 4.69) is 29.3 Å². The molecule has 1 aliphatic heterocycles. The second-order valence-electron chi connectivity index (χ2n) is 6.08. The van der Waals surface area contributed by atoms with E-state index < -0.39 is 0 Å². The van der Waals surface area contributed by atoms with Crippen molar-refractivity contribution >= 4 is 12.0 Å². The molecule has 0 spiro atoms. The van der Waals surface area contributed by atoms with E-state index >= 15 is 0 Å². The van der Waals surface area contributed by atoms with Crippen molar-refractivity contribution in [2.75, 3.05) is 45.9 Å². The van der Waals surface area contributed by atoms with Gasteiger partial charge in [0.2, 0.25) is 5.91 Å². The molecule has 6 heteroatoms. The van der Waals surface area contributed by atoms with E-state index in [9.17, 15) is 9.59 Å². The van der Waals surface area contributed by atoms with Crippen molar-refractivity contribution in [3.8, 4) is 0 Å². The second-order valence-corrected chi connectivity index (χ2v) is 6.08. The fourth-order valence-corrected chi connectivity index (χ4v) is 2.73. The van der Waals surface area contributed by atoms with Crippen molar-refractivity contribution < 1.29 is 14.3 Å². The van der Waals surface area contributed by atoms with Gasteiger partial charge in [0.1, 0.15) is 0 Å². The monoisotopic (exact) mass is 333 g/mol. The minimum absolute atomic E-state index is 0.0300. The molecule has 2 rings (SSSR count). The normalized spacial score (nSPS) is 16.5. The van der Waals surface area contributed by atoms with Crippen LogP contribution in [0, 0.1) is 0 Å². The Bertz CT molecular complexity index is 528. The van der Waals surface area contributed by atoms with Gasteiger partial charge in [-0.05, 0) is 18.4 Å². The van der Waals surface area contributed by atoms with Crippen molar-refractivity contribution in [3.63, 3.8) is 0 Å². The molecule has 0 radical (unpaired) electrons. The molecule has 0 bridgehead atoms. The highest BCUT2D eigenvalue weighted by atomic mass is 16.6. The lowest BCUT2D eigenvalue weighted by molar-refractivity contribution is -0.122. The van der Waals surface area contributed by atoms with Crippen LogP contribution in [0.5, 0.6) is 0 Å². The number of hydrogen-bond donors (Lipinski definition) is 1. The molecule has 1 aromatic carbocycles. The van der Waals surface area contributed by atoms with Gasteiger partial charge in [-0.15, -0.1) is 0 Å². The summed E-state index contributed by atoms with van der Waals surface area (Å²) in [5.41, 5.74) is 1.22. The zero-order valence-electron chi connectivity index (χ0n) is 14.5. The Morgan fingerprint density at radius 1 is 1.17 bits per heavy atom. The van der Waals surface area contributed by atoms with Gasteiger partial charge in [0.05, 0.1) is 13.2 Å². The second kappa shape index (κ2) is 9.27. The quantitative estimate of drug-likeness (QED) is 0.860. The molecule has 1 atom stereocenters. The summed E-state index contributed by atoms with van der Waals surface area (Å²) in [6.07, 6.45) is -0.265. The molecule has 1 heterocycles. The van der Waals surface area contributed by atoms with Crippen LogP contribution in [-0.2, 0) is 9.53 Å². The van der Waals surface area contributed by atoms with Crippen molar-refractivity contribution in [2.45, 2.75) is 19.8 Å². The van der Waals surface area contributed by atoms with Crippen LogP contribution in [0.3, 0.4) is 0 Å². The smallest absolute Gasteiger partial charge is 0.409 e. The molecule has 1 saturated heterocycles. The molecule has 6 nitrogen and oxygen atoms in total. The highest BCUT2D eigenvalue weighted by Crippen LogP contribution is 2.13. The van der Waals surface area contributed by atoms with Crippen LogP contribution in [0.1, 0.15) is 25.3 Å². The van der Waals surface area contributed by atoms with Gasteiger partial charge >= 0.3 is 6.09 Å². The Morgan fingerprint density at radius 2 is 1.83 bits per heavy atom. The molecule has 1 aliphatic rings. The average molecular weight is 333 g/mol. The molecule has 2 amide bonds. The number of nitrogens with one attached hydrogen (secondary N) is 1. The fraction of sp³-hybridized carbons (Fsp3) is 0.556. The Balaban J connectivity index is 1.67. The summed E-state index contributed by atoms with van der Waals surface area (Å²) in [5.74, 6) is 0.318. The predicted octanol–water partition coefficient (Wildman–Crippen LogP) is 1.68. The van der Waals surface area contributed by atoms with Crippen molar-refractivity contribution in [3.05, 3.63) is 35.9 Å². The molecule has 1 fully saturated rings. The van der Waals surface area contributed by atoms with Crippen molar-refractivity contribution in [2.24, 2.45) is 0 Å². The standard InChI is InChI=1S/C18H27N3O3/c1-3-24-18(23)21-11-9-20(10-12-21)14-17(22)19-13-15(2)16-7-5-4-6-8-16/h4-8,15H,3,9-14H2,1-2H3,(H,19,22)/t15-/m1/s1. The van der Waals surface area contributed by atoms with E-state index in [0.29, 0.717) is 45.9 Å². The average Bonchev–Trinajstić information content (AvgIpc) is 2.61. The van der Waals surface area contributed by atoms with E-state index in [1.165, 1.54) is 5.56 Å². The molecule has 1 N–H and O–H groups in total. The zero-order chi connectivity index (χ0) is 17.4. The van der Waals surface area contributed by atoms with Crippen LogP contribution in [0.2, 0.25) is 0 Å². The van der Waals surface area contributed by atoms with Gasteiger partial charge in [0, 0.05) is 32.7 Å². The SMILES string of the molecule is CCOC(=O)N1CCN(CC(=O)NC[C@@H](C)c2ccccc2)CC1. The number of nitrogens with zero attached hydrogens (tertiary/aromatic N) is 2. The predicted molar refractivity (Wildman–Crippen MR) is 92.9 cm³/mol. The van der Waals surface area contributed by atoms with Crippen LogP contribution >= 0.6 is 0 Å². The number of carbonyl (C=O) groups excluding carboxylic acids is 2. The molecule has 132 valence electrons. The van der Waals surface area contributed by atoms with Crippen LogP contribution in [-0.4, -0.2) is 67.7 Å². The van der Waals surface area contributed by atoms with E-state index in [1.807, 2.05) is 18.2 Å². The molecule has 1 aromatic rings. The van der Waals surface area contributed by atoms with Gasteiger partial charge in [0.15, 0.2) is 0 Å². The summed E-state index contributed by atoms with van der Waals surface area (Å²) in [5, 5.41) is 3.00. The van der Waals surface area contributed by atoms with Gasteiger partial charge in [-0.3, -0.25) is 9.69 Å². The first-order valence-electron chi connectivity index (χ1n) is 8.55. The largest absolute Gasteiger partial charge is 0.450 e. The summed E-state index contributed by atoms with van der Waals surface area (Å²) < 4.78 is 4.99. The summed E-state index contributed by atoms with van der Waals surface area (Å²) in [6.45, 7) is 7.90. The summed E-state index contributed by atoms with van der Waals surface area (Å²) in [6, 6.07) is 10.2. The summed E-state index contributed by atoms with van der Waals surface area (Å²) in [4.78, 5) is 27.5. The molecule has 0 aliphatic carbocycles. The van der Waals surface area contributed by atoms with E-state index in [-0.39, 0.29) is 17.9 Å². The first-order valence-corrected chi connectivity index (χ1v) is 8.55. The Morgan fingerprint density at radius 3 is 2.46 bits per heavy atom. The lowest BCUT2D eigenvalue weighted by Gasteiger charge is -2.33.